The highest BCUT2D eigenvalue weighted by Gasteiger charge is 2.24. The molecule has 2 rings (SSSR count). The van der Waals surface area contributed by atoms with Gasteiger partial charge in [0.25, 0.3) is 5.91 Å². The van der Waals surface area contributed by atoms with E-state index < -0.39 is 5.54 Å². The monoisotopic (exact) mass is 410 g/mol. The Labute approximate surface area is 141 Å². The number of benzene rings is 2. The highest BCUT2D eigenvalue weighted by atomic mass is 79.9. The molecule has 0 aliphatic heterocycles. The standard InChI is InChI=1S/C16H16Br2N2O/c1-16(2,10-3-5-11(17)6-4-10)20-15(21)13-8-7-12(18)9-14(13)19/h3-9H,19H2,1-2H3,(H,20,21). The van der Waals surface area contributed by atoms with Crippen LogP contribution >= 0.6 is 31.9 Å². The fourth-order valence-electron chi connectivity index (χ4n) is 2.03. The summed E-state index contributed by atoms with van der Waals surface area (Å²) in [6.07, 6.45) is 0. The van der Waals surface area contributed by atoms with E-state index in [4.69, 9.17) is 5.73 Å². The van der Waals surface area contributed by atoms with E-state index in [-0.39, 0.29) is 5.91 Å². The normalized spacial score (nSPS) is 11.2. The summed E-state index contributed by atoms with van der Waals surface area (Å²) in [5.41, 5.74) is 7.36. The smallest absolute Gasteiger partial charge is 0.254 e. The van der Waals surface area contributed by atoms with Crippen molar-refractivity contribution in [1.82, 2.24) is 5.32 Å². The number of rotatable bonds is 3. The van der Waals surface area contributed by atoms with E-state index in [2.05, 4.69) is 37.2 Å². The molecule has 0 bridgehead atoms. The molecule has 110 valence electrons. The number of carbonyl (C=O) groups excluding carboxylic acids is 1. The summed E-state index contributed by atoms with van der Waals surface area (Å²) in [6.45, 7) is 3.92. The molecular weight excluding hydrogens is 396 g/mol. The number of anilines is 1. The number of carbonyl (C=O) groups is 1. The van der Waals surface area contributed by atoms with Crippen LogP contribution in [-0.2, 0) is 5.54 Å². The minimum atomic E-state index is -0.489. The molecule has 0 saturated carbocycles. The molecule has 0 aliphatic carbocycles. The largest absolute Gasteiger partial charge is 0.398 e. The van der Waals surface area contributed by atoms with Crippen molar-refractivity contribution in [2.24, 2.45) is 0 Å². The van der Waals surface area contributed by atoms with Crippen LogP contribution in [0.25, 0.3) is 0 Å². The number of nitrogens with one attached hydrogen (secondary N) is 1. The number of nitrogen functional groups attached to an aromatic ring is 1. The van der Waals surface area contributed by atoms with Crippen LogP contribution in [0, 0.1) is 0 Å². The Kier molecular flexibility index (Phi) is 4.74. The molecule has 3 N–H and O–H groups in total. The third-order valence-corrected chi connectivity index (χ3v) is 4.27. The first-order chi connectivity index (χ1) is 9.79. The van der Waals surface area contributed by atoms with Crippen molar-refractivity contribution in [3.63, 3.8) is 0 Å². The second kappa shape index (κ2) is 6.20. The lowest BCUT2D eigenvalue weighted by molar-refractivity contribution is 0.0913. The molecule has 0 aliphatic rings. The van der Waals surface area contributed by atoms with Crippen LogP contribution in [0.3, 0.4) is 0 Å². The van der Waals surface area contributed by atoms with E-state index in [1.807, 2.05) is 38.1 Å². The van der Waals surface area contributed by atoms with Crippen LogP contribution in [0.5, 0.6) is 0 Å². The molecule has 1 amide bonds. The summed E-state index contributed by atoms with van der Waals surface area (Å²) in [6, 6.07) is 13.1. The average Bonchev–Trinajstić information content (AvgIpc) is 2.38. The maximum atomic E-state index is 12.4. The van der Waals surface area contributed by atoms with Crippen molar-refractivity contribution in [2.45, 2.75) is 19.4 Å². The predicted molar refractivity (Wildman–Crippen MR) is 93.2 cm³/mol. The lowest BCUT2D eigenvalue weighted by Crippen LogP contribution is -2.41. The van der Waals surface area contributed by atoms with Gasteiger partial charge in [0.2, 0.25) is 0 Å². The summed E-state index contributed by atoms with van der Waals surface area (Å²) in [4.78, 5) is 12.4. The van der Waals surface area contributed by atoms with Gasteiger partial charge in [-0.3, -0.25) is 4.79 Å². The summed E-state index contributed by atoms with van der Waals surface area (Å²) in [5.74, 6) is -0.187. The van der Waals surface area contributed by atoms with E-state index in [1.165, 1.54) is 0 Å². The Balaban J connectivity index is 2.23. The Hall–Kier alpha value is -1.33. The molecule has 3 nitrogen and oxygen atoms in total. The fraction of sp³-hybridized carbons (Fsp3) is 0.188. The van der Waals surface area contributed by atoms with Crippen molar-refractivity contribution < 1.29 is 4.79 Å². The van der Waals surface area contributed by atoms with Crippen molar-refractivity contribution in [2.75, 3.05) is 5.73 Å². The van der Waals surface area contributed by atoms with Gasteiger partial charge in [0, 0.05) is 14.6 Å². The molecule has 0 unspecified atom stereocenters. The number of hydrogen-bond donors (Lipinski definition) is 2. The molecule has 0 heterocycles. The molecular formula is C16H16Br2N2O. The van der Waals surface area contributed by atoms with Gasteiger partial charge in [-0.05, 0) is 49.7 Å². The van der Waals surface area contributed by atoms with Gasteiger partial charge in [-0.1, -0.05) is 44.0 Å². The molecule has 0 fully saturated rings. The molecule has 0 spiro atoms. The first-order valence-corrected chi connectivity index (χ1v) is 8.02. The van der Waals surface area contributed by atoms with Gasteiger partial charge in [0.15, 0.2) is 0 Å². The summed E-state index contributed by atoms with van der Waals surface area (Å²) < 4.78 is 1.86. The molecule has 21 heavy (non-hydrogen) atoms. The SMILES string of the molecule is CC(C)(NC(=O)c1ccc(Br)cc1N)c1ccc(Br)cc1. The quantitative estimate of drug-likeness (QED) is 0.732. The van der Waals surface area contributed by atoms with Crippen molar-refractivity contribution in [3.8, 4) is 0 Å². The molecule has 0 radical (unpaired) electrons. The zero-order valence-electron chi connectivity index (χ0n) is 11.8. The maximum absolute atomic E-state index is 12.4. The third kappa shape index (κ3) is 3.86. The van der Waals surface area contributed by atoms with Crippen LogP contribution in [0.2, 0.25) is 0 Å². The van der Waals surface area contributed by atoms with E-state index in [9.17, 15) is 4.79 Å². The van der Waals surface area contributed by atoms with Crippen LogP contribution < -0.4 is 11.1 Å². The van der Waals surface area contributed by atoms with Crippen molar-refractivity contribution in [1.29, 1.82) is 0 Å². The summed E-state index contributed by atoms with van der Waals surface area (Å²) in [5, 5.41) is 3.02. The zero-order valence-corrected chi connectivity index (χ0v) is 15.0. The lowest BCUT2D eigenvalue weighted by atomic mass is 9.94. The van der Waals surface area contributed by atoms with E-state index in [1.54, 1.807) is 18.2 Å². The highest BCUT2D eigenvalue weighted by Crippen LogP contribution is 2.24. The van der Waals surface area contributed by atoms with Gasteiger partial charge in [-0.2, -0.15) is 0 Å². The minimum absolute atomic E-state index is 0.187. The van der Waals surface area contributed by atoms with Crippen LogP contribution in [-0.4, -0.2) is 5.91 Å². The van der Waals surface area contributed by atoms with Crippen molar-refractivity contribution >= 4 is 43.5 Å². The lowest BCUT2D eigenvalue weighted by Gasteiger charge is -2.27. The Bertz CT molecular complexity index is 666. The van der Waals surface area contributed by atoms with Crippen LogP contribution in [0.4, 0.5) is 5.69 Å². The molecule has 2 aromatic carbocycles. The number of amides is 1. The van der Waals surface area contributed by atoms with Gasteiger partial charge in [0.1, 0.15) is 0 Å². The molecule has 2 aromatic rings. The second-order valence-corrected chi connectivity index (χ2v) is 7.15. The Morgan fingerprint density at radius 2 is 1.62 bits per heavy atom. The second-order valence-electron chi connectivity index (χ2n) is 5.32. The number of nitrogens with two attached hydrogens (primary N) is 1. The van der Waals surface area contributed by atoms with E-state index in [0.717, 1.165) is 14.5 Å². The third-order valence-electron chi connectivity index (χ3n) is 3.25. The predicted octanol–water partition coefficient (Wildman–Crippen LogP) is 4.46. The van der Waals surface area contributed by atoms with Gasteiger partial charge in [-0.25, -0.2) is 0 Å². The number of hydrogen-bond acceptors (Lipinski definition) is 2. The van der Waals surface area contributed by atoms with Gasteiger partial charge >= 0.3 is 0 Å². The fourth-order valence-corrected chi connectivity index (χ4v) is 2.67. The van der Waals surface area contributed by atoms with Gasteiger partial charge in [0.05, 0.1) is 11.1 Å². The molecule has 0 aromatic heterocycles. The molecule has 0 saturated heterocycles. The molecule has 5 heteroatoms. The first-order valence-electron chi connectivity index (χ1n) is 6.43. The summed E-state index contributed by atoms with van der Waals surface area (Å²) >= 11 is 6.74. The first kappa shape index (κ1) is 16.0. The van der Waals surface area contributed by atoms with Gasteiger partial charge in [-0.15, -0.1) is 0 Å². The number of halogens is 2. The Morgan fingerprint density at radius 3 is 2.19 bits per heavy atom. The minimum Gasteiger partial charge on any atom is -0.398 e. The molecule has 0 atom stereocenters. The topological polar surface area (TPSA) is 55.1 Å². The van der Waals surface area contributed by atoms with E-state index in [0.29, 0.717) is 11.3 Å². The Morgan fingerprint density at radius 1 is 1.05 bits per heavy atom. The maximum Gasteiger partial charge on any atom is 0.254 e. The van der Waals surface area contributed by atoms with Crippen LogP contribution in [0.1, 0.15) is 29.8 Å². The van der Waals surface area contributed by atoms with E-state index >= 15 is 0 Å². The highest BCUT2D eigenvalue weighted by molar-refractivity contribution is 9.10. The van der Waals surface area contributed by atoms with Crippen molar-refractivity contribution in [3.05, 3.63) is 62.5 Å². The van der Waals surface area contributed by atoms with Crippen LogP contribution in [0.15, 0.2) is 51.4 Å². The zero-order chi connectivity index (χ0) is 15.6. The average molecular weight is 412 g/mol. The van der Waals surface area contributed by atoms with Gasteiger partial charge < -0.3 is 11.1 Å². The summed E-state index contributed by atoms with van der Waals surface area (Å²) in [7, 11) is 0.